The maximum Gasteiger partial charge on any atom is 0.319 e. The third-order valence-corrected chi connectivity index (χ3v) is 16.5. The Labute approximate surface area is 167 Å². The second-order valence-electron chi connectivity index (χ2n) is 10.6. The van der Waals surface area contributed by atoms with Gasteiger partial charge in [-0.2, -0.15) is 0 Å². The van der Waals surface area contributed by atoms with Gasteiger partial charge in [-0.1, -0.05) is 77.1 Å². The lowest BCUT2D eigenvalue weighted by Gasteiger charge is -2.58. The summed E-state index contributed by atoms with van der Waals surface area (Å²) in [5, 5.41) is 11.1. The van der Waals surface area contributed by atoms with E-state index in [1.807, 2.05) is 18.3 Å². The highest BCUT2D eigenvalue weighted by molar-refractivity contribution is 6.94. The van der Waals surface area contributed by atoms with Crippen molar-refractivity contribution in [1.82, 2.24) is 9.22 Å². The summed E-state index contributed by atoms with van der Waals surface area (Å²) >= 11 is 0. The predicted octanol–water partition coefficient (Wildman–Crippen LogP) is 5.38. The zero-order chi connectivity index (χ0) is 20.8. The van der Waals surface area contributed by atoms with Gasteiger partial charge >= 0.3 is 5.97 Å². The van der Waals surface area contributed by atoms with Crippen LogP contribution in [-0.2, 0) is 11.2 Å². The number of carboxylic acids is 1. The summed E-state index contributed by atoms with van der Waals surface area (Å²) in [5.41, 5.74) is 2.20. The van der Waals surface area contributed by atoms with E-state index in [9.17, 15) is 9.90 Å². The Morgan fingerprint density at radius 1 is 1.00 bits per heavy atom. The van der Waals surface area contributed by atoms with Crippen molar-refractivity contribution in [2.45, 2.75) is 70.5 Å². The van der Waals surface area contributed by atoms with Crippen LogP contribution in [0.4, 0.5) is 0 Å². The third kappa shape index (κ3) is 4.01. The van der Waals surface area contributed by atoms with Crippen molar-refractivity contribution in [2.24, 2.45) is 0 Å². The summed E-state index contributed by atoms with van der Waals surface area (Å²) in [6, 6.07) is 8.21. The zero-order valence-corrected chi connectivity index (χ0v) is 21.4. The van der Waals surface area contributed by atoms with Gasteiger partial charge in [0.15, 0.2) is 0 Å². The molecular weight excluding hydrogens is 384 g/mol. The monoisotopic (exact) mass is 420 g/mol. The van der Waals surface area contributed by atoms with Crippen LogP contribution in [0, 0.1) is 0 Å². The number of carbonyl (C=O) groups is 1. The van der Waals surface area contributed by atoms with Crippen LogP contribution in [0.5, 0.6) is 0 Å². The minimum atomic E-state index is -2.14. The summed E-state index contributed by atoms with van der Waals surface area (Å²) in [5.74, 6) is -0.642. The Balaban J connectivity index is 2.79. The minimum absolute atomic E-state index is 0.566. The highest BCUT2D eigenvalue weighted by Gasteiger charge is 2.60. The molecule has 4 nitrogen and oxygen atoms in total. The number of nitrogens with zero attached hydrogens (tertiary/aromatic N) is 1. The molecule has 27 heavy (non-hydrogen) atoms. The molecule has 1 atom stereocenters. The van der Waals surface area contributed by atoms with E-state index in [0.29, 0.717) is 6.42 Å². The predicted molar refractivity (Wildman–Crippen MR) is 124 cm³/mol. The van der Waals surface area contributed by atoms with Crippen LogP contribution in [0.2, 0.25) is 58.9 Å². The molecule has 2 N–H and O–H groups in total. The van der Waals surface area contributed by atoms with E-state index in [1.165, 1.54) is 0 Å². The van der Waals surface area contributed by atoms with E-state index < -0.39 is 35.7 Å². The topological polar surface area (TPSA) is 56.3 Å². The molecule has 0 aliphatic rings. The summed E-state index contributed by atoms with van der Waals surface area (Å²) in [6.07, 6.45) is 2.59. The fourth-order valence-corrected chi connectivity index (χ4v) is 21.6. The Morgan fingerprint density at radius 2 is 1.52 bits per heavy atom. The molecule has 0 saturated heterocycles. The van der Waals surface area contributed by atoms with Crippen LogP contribution in [0.15, 0.2) is 30.5 Å². The Hall–Kier alpha value is -1.16. The first kappa shape index (κ1) is 22.1. The number of aliphatic carboxylic acids is 1. The quantitative estimate of drug-likeness (QED) is 0.591. The number of aromatic amines is 1. The van der Waals surface area contributed by atoms with Gasteiger partial charge in [-0.05, 0) is 18.1 Å². The molecule has 0 spiro atoms. The molecule has 2 aromatic rings. The van der Waals surface area contributed by atoms with Crippen molar-refractivity contribution in [2.75, 3.05) is 0 Å². The first-order chi connectivity index (χ1) is 12.1. The number of para-hydroxylation sites is 1. The van der Waals surface area contributed by atoms with E-state index >= 15 is 0 Å². The average molecular weight is 421 g/mol. The van der Waals surface area contributed by atoms with E-state index in [2.05, 4.69) is 80.3 Å². The summed E-state index contributed by atoms with van der Waals surface area (Å²) < 4.78 is 2.54. The zero-order valence-electron chi connectivity index (χ0n) is 18.4. The smallest absolute Gasteiger partial charge is 0.319 e. The number of nitrogens with one attached hydrogen (secondary N) is 1. The Bertz CT molecular complexity index is 814. The van der Waals surface area contributed by atoms with Crippen LogP contribution in [0.1, 0.15) is 5.56 Å². The fourth-order valence-electron chi connectivity index (χ4n) is 4.88. The number of H-pyrrole nitrogens is 1. The fraction of sp³-hybridized carbons (Fsp3) is 0.550. The van der Waals surface area contributed by atoms with Crippen LogP contribution in [0.3, 0.4) is 0 Å². The normalized spacial score (nSPS) is 15.9. The average Bonchev–Trinajstić information content (AvgIpc) is 2.85. The SMILES string of the molecule is C[Si](C)(C)N(C(Cc1c[nH]c2ccccc12)(C(=O)O)[Si](C)(C)C)[Si](C)(C)C. The molecule has 0 fully saturated rings. The highest BCUT2D eigenvalue weighted by Crippen LogP contribution is 2.40. The van der Waals surface area contributed by atoms with Crippen molar-refractivity contribution < 1.29 is 9.90 Å². The molecule has 1 aromatic carbocycles. The lowest BCUT2D eigenvalue weighted by atomic mass is 10.0. The second-order valence-corrected chi connectivity index (χ2v) is 26.0. The summed E-state index contributed by atoms with van der Waals surface area (Å²) in [7, 11) is -5.93. The van der Waals surface area contributed by atoms with Crippen LogP contribution in [-0.4, -0.2) is 50.0 Å². The van der Waals surface area contributed by atoms with Gasteiger partial charge in [0.25, 0.3) is 0 Å². The van der Waals surface area contributed by atoms with Crippen molar-refractivity contribution in [3.63, 3.8) is 0 Å². The molecule has 0 saturated carbocycles. The van der Waals surface area contributed by atoms with E-state index in [0.717, 1.165) is 16.5 Å². The van der Waals surface area contributed by atoms with Gasteiger partial charge in [0, 0.05) is 17.1 Å². The van der Waals surface area contributed by atoms with Crippen LogP contribution >= 0.6 is 0 Å². The molecule has 150 valence electrons. The van der Waals surface area contributed by atoms with Crippen molar-refractivity contribution in [3.8, 4) is 0 Å². The Morgan fingerprint density at radius 3 is 1.96 bits per heavy atom. The number of rotatable bonds is 7. The standard InChI is InChI=1S/C20H36N2O2Si3/c1-25(2,3)20(19(23)24,22(26(4,5)6)27(7,8)9)14-16-15-21-18-13-11-10-12-17(16)18/h10-13,15,21H,14H2,1-9H3,(H,23,24). The molecule has 1 heterocycles. The van der Waals surface area contributed by atoms with Gasteiger partial charge in [0.1, 0.15) is 21.6 Å². The summed E-state index contributed by atoms with van der Waals surface area (Å²) in [4.78, 5) is 16.4. The number of fused-ring (bicyclic) bond motifs is 1. The maximum absolute atomic E-state index is 13.1. The molecule has 1 unspecified atom stereocenters. The van der Waals surface area contributed by atoms with Crippen LogP contribution in [0.25, 0.3) is 10.9 Å². The van der Waals surface area contributed by atoms with Gasteiger partial charge in [0.05, 0.1) is 8.07 Å². The second kappa shape index (κ2) is 7.02. The molecule has 0 aliphatic heterocycles. The van der Waals surface area contributed by atoms with Gasteiger partial charge in [-0.25, -0.2) is 0 Å². The molecule has 0 amide bonds. The van der Waals surface area contributed by atoms with Gasteiger partial charge in [-0.3, -0.25) is 4.79 Å². The molecule has 0 aliphatic carbocycles. The highest BCUT2D eigenvalue weighted by atomic mass is 28.4. The molecule has 0 radical (unpaired) electrons. The van der Waals surface area contributed by atoms with Crippen molar-refractivity contribution in [3.05, 3.63) is 36.0 Å². The molecular formula is C20H36N2O2Si3. The molecule has 7 heteroatoms. The minimum Gasteiger partial charge on any atom is -0.480 e. The number of hydrogen-bond donors (Lipinski definition) is 2. The molecule has 1 aromatic heterocycles. The number of hydrogen-bond acceptors (Lipinski definition) is 2. The van der Waals surface area contributed by atoms with Gasteiger partial charge < -0.3 is 14.3 Å². The van der Waals surface area contributed by atoms with Crippen molar-refractivity contribution in [1.29, 1.82) is 0 Å². The van der Waals surface area contributed by atoms with E-state index in [1.54, 1.807) is 0 Å². The molecule has 2 rings (SSSR count). The number of benzene rings is 1. The first-order valence-electron chi connectivity index (χ1n) is 9.71. The Kier molecular flexibility index (Phi) is 5.76. The number of carboxylic acid groups (broad SMARTS) is 1. The maximum atomic E-state index is 13.1. The number of aromatic nitrogens is 1. The van der Waals surface area contributed by atoms with Crippen LogP contribution < -0.4 is 0 Å². The van der Waals surface area contributed by atoms with E-state index in [4.69, 9.17) is 0 Å². The lowest BCUT2D eigenvalue weighted by molar-refractivity contribution is -0.143. The van der Waals surface area contributed by atoms with Gasteiger partial charge in [0.2, 0.25) is 0 Å². The van der Waals surface area contributed by atoms with Crippen molar-refractivity contribution >= 4 is 41.4 Å². The van der Waals surface area contributed by atoms with E-state index in [-0.39, 0.29) is 0 Å². The third-order valence-electron chi connectivity index (χ3n) is 5.44. The van der Waals surface area contributed by atoms with Gasteiger partial charge in [-0.15, -0.1) is 0 Å². The lowest BCUT2D eigenvalue weighted by Crippen LogP contribution is -2.79. The summed E-state index contributed by atoms with van der Waals surface area (Å²) in [6.45, 7) is 20.5. The largest absolute Gasteiger partial charge is 0.480 e. The molecule has 0 bridgehead atoms. The first-order valence-corrected chi connectivity index (χ1v) is 20.1.